The lowest BCUT2D eigenvalue weighted by Gasteiger charge is -2.40. The van der Waals surface area contributed by atoms with Crippen LogP contribution in [0.15, 0.2) is 48.5 Å². The van der Waals surface area contributed by atoms with E-state index in [1.54, 1.807) is 4.90 Å². The smallest absolute Gasteiger partial charge is 0.407 e. The predicted molar refractivity (Wildman–Crippen MR) is 124 cm³/mol. The number of ether oxygens (including phenoxy) is 1. The molecule has 34 heavy (non-hydrogen) atoms. The molecule has 2 saturated carbocycles. The van der Waals surface area contributed by atoms with Crippen molar-refractivity contribution >= 4 is 18.0 Å². The second kappa shape index (κ2) is 8.15. The van der Waals surface area contributed by atoms with Gasteiger partial charge in [0, 0.05) is 31.0 Å². The van der Waals surface area contributed by atoms with Crippen LogP contribution in [0, 0.1) is 23.7 Å². The maximum Gasteiger partial charge on any atom is 0.407 e. The molecule has 0 radical (unpaired) electrons. The normalized spacial score (nSPS) is 27.1. The largest absolute Gasteiger partial charge is 0.481 e. The number of nitrogens with one attached hydrogen (secondary N) is 1. The number of amides is 2. The molecule has 0 bridgehead atoms. The second-order valence-corrected chi connectivity index (χ2v) is 10.2. The first kappa shape index (κ1) is 21.2. The fourth-order valence-electron chi connectivity index (χ4n) is 6.46. The van der Waals surface area contributed by atoms with Crippen LogP contribution in [0.3, 0.4) is 0 Å². The third-order valence-electron chi connectivity index (χ3n) is 8.36. The van der Waals surface area contributed by atoms with Gasteiger partial charge in [0.1, 0.15) is 6.61 Å². The number of benzene rings is 2. The fraction of sp³-hybridized carbons (Fsp3) is 0.444. The number of carbonyl (C=O) groups is 3. The molecule has 1 saturated heterocycles. The first-order valence-electron chi connectivity index (χ1n) is 12.1. The highest BCUT2D eigenvalue weighted by Gasteiger charge is 2.51. The molecular weight excluding hydrogens is 432 g/mol. The van der Waals surface area contributed by atoms with Crippen LogP contribution in [0.5, 0.6) is 0 Å². The first-order valence-corrected chi connectivity index (χ1v) is 12.1. The molecule has 2 aromatic carbocycles. The molecule has 1 heterocycles. The number of likely N-dealkylation sites (tertiary alicyclic amines) is 1. The highest BCUT2D eigenvalue weighted by Crippen LogP contribution is 2.50. The van der Waals surface area contributed by atoms with Crippen molar-refractivity contribution in [2.45, 2.75) is 31.2 Å². The lowest BCUT2D eigenvalue weighted by Crippen LogP contribution is -2.54. The van der Waals surface area contributed by atoms with Gasteiger partial charge in [-0.1, -0.05) is 48.5 Å². The molecule has 2 N–H and O–H groups in total. The number of rotatable bonds is 5. The van der Waals surface area contributed by atoms with Crippen molar-refractivity contribution in [2.75, 3.05) is 19.7 Å². The van der Waals surface area contributed by atoms with Crippen LogP contribution in [-0.4, -0.2) is 53.7 Å². The van der Waals surface area contributed by atoms with Crippen LogP contribution >= 0.6 is 0 Å². The van der Waals surface area contributed by atoms with Crippen LogP contribution in [0.25, 0.3) is 11.1 Å². The van der Waals surface area contributed by atoms with Crippen molar-refractivity contribution in [3.8, 4) is 11.1 Å². The zero-order valence-corrected chi connectivity index (χ0v) is 18.9. The van der Waals surface area contributed by atoms with Crippen LogP contribution in [-0.2, 0) is 14.3 Å². The Hall–Kier alpha value is -3.35. The van der Waals surface area contributed by atoms with Gasteiger partial charge in [0.2, 0.25) is 5.91 Å². The summed E-state index contributed by atoms with van der Waals surface area (Å²) in [6.45, 7) is 0.935. The molecule has 176 valence electrons. The van der Waals surface area contributed by atoms with Crippen molar-refractivity contribution in [3.05, 3.63) is 59.7 Å². The maximum atomic E-state index is 12.7. The van der Waals surface area contributed by atoms with Crippen molar-refractivity contribution < 1.29 is 24.2 Å². The van der Waals surface area contributed by atoms with Crippen LogP contribution in [0.1, 0.15) is 36.3 Å². The lowest BCUT2D eigenvalue weighted by atomic mass is 9.71. The molecule has 6 rings (SSSR count). The average Bonchev–Trinajstić information content (AvgIpc) is 3.30. The molecule has 1 aliphatic heterocycles. The Morgan fingerprint density at radius 1 is 0.912 bits per heavy atom. The Labute approximate surface area is 198 Å². The standard InChI is InChI=1S/C27H28N2O5/c30-25(29-12-17(13-29)26(31)32)16-9-15-11-24(22(15)10-16)28-27(33)34-14-23-20-7-3-1-5-18(20)19-6-2-4-8-21(19)23/h1-8,15-17,22-24H,9-14H2,(H,28,33)(H,31,32). The topological polar surface area (TPSA) is 95.9 Å². The molecule has 4 aliphatic rings. The average molecular weight is 461 g/mol. The van der Waals surface area contributed by atoms with E-state index in [2.05, 4.69) is 29.6 Å². The zero-order valence-electron chi connectivity index (χ0n) is 18.9. The van der Waals surface area contributed by atoms with Gasteiger partial charge < -0.3 is 20.1 Å². The first-order chi connectivity index (χ1) is 16.5. The SMILES string of the molecule is O=C(NC1CC2CC(C(=O)N3CC(C(=O)O)C3)CC21)OCC1c2ccccc2-c2ccccc21. The van der Waals surface area contributed by atoms with Gasteiger partial charge in [-0.25, -0.2) is 4.79 Å². The predicted octanol–water partition coefficient (Wildman–Crippen LogP) is 3.48. The third kappa shape index (κ3) is 3.45. The van der Waals surface area contributed by atoms with E-state index in [0.717, 1.165) is 19.3 Å². The van der Waals surface area contributed by atoms with Crippen molar-refractivity contribution in [3.63, 3.8) is 0 Å². The minimum atomic E-state index is -0.831. The number of carboxylic acids is 1. The molecule has 0 spiro atoms. The van der Waals surface area contributed by atoms with E-state index >= 15 is 0 Å². The van der Waals surface area contributed by atoms with E-state index in [1.807, 2.05) is 24.3 Å². The number of fused-ring (bicyclic) bond motifs is 4. The van der Waals surface area contributed by atoms with Gasteiger partial charge in [0.15, 0.2) is 0 Å². The molecule has 2 aromatic rings. The molecule has 7 heteroatoms. The molecule has 3 fully saturated rings. The summed E-state index contributed by atoms with van der Waals surface area (Å²) in [6.07, 6.45) is 2.07. The minimum absolute atomic E-state index is 0.0342. The fourth-order valence-corrected chi connectivity index (χ4v) is 6.46. The summed E-state index contributed by atoms with van der Waals surface area (Å²) in [5.74, 6) is -0.457. The third-order valence-corrected chi connectivity index (χ3v) is 8.36. The molecule has 4 atom stereocenters. The summed E-state index contributed by atoms with van der Waals surface area (Å²) >= 11 is 0. The Balaban J connectivity index is 1.02. The monoisotopic (exact) mass is 460 g/mol. The summed E-state index contributed by atoms with van der Waals surface area (Å²) < 4.78 is 5.69. The van der Waals surface area contributed by atoms with E-state index in [9.17, 15) is 14.4 Å². The zero-order chi connectivity index (χ0) is 23.4. The summed E-state index contributed by atoms with van der Waals surface area (Å²) in [6, 6.07) is 16.6. The van der Waals surface area contributed by atoms with Crippen molar-refractivity contribution in [2.24, 2.45) is 23.7 Å². The number of hydrogen-bond donors (Lipinski definition) is 2. The molecule has 3 aliphatic carbocycles. The van der Waals surface area contributed by atoms with E-state index in [1.165, 1.54) is 22.3 Å². The van der Waals surface area contributed by atoms with Crippen molar-refractivity contribution in [1.29, 1.82) is 0 Å². The second-order valence-electron chi connectivity index (χ2n) is 10.2. The Morgan fingerprint density at radius 2 is 1.56 bits per heavy atom. The van der Waals surface area contributed by atoms with E-state index in [-0.39, 0.29) is 23.8 Å². The molecule has 4 unspecified atom stereocenters. The quantitative estimate of drug-likeness (QED) is 0.712. The van der Waals surface area contributed by atoms with Crippen LogP contribution < -0.4 is 5.32 Å². The molecule has 0 aromatic heterocycles. The van der Waals surface area contributed by atoms with Gasteiger partial charge in [0.25, 0.3) is 0 Å². The Morgan fingerprint density at radius 3 is 2.21 bits per heavy atom. The maximum absolute atomic E-state index is 12.7. The summed E-state index contributed by atoms with van der Waals surface area (Å²) in [5, 5.41) is 12.1. The van der Waals surface area contributed by atoms with Crippen molar-refractivity contribution in [1.82, 2.24) is 10.2 Å². The molecular formula is C27H28N2O5. The summed E-state index contributed by atoms with van der Waals surface area (Å²) in [5.41, 5.74) is 4.78. The number of hydrogen-bond acceptors (Lipinski definition) is 4. The van der Waals surface area contributed by atoms with Crippen LogP contribution in [0.2, 0.25) is 0 Å². The highest BCUT2D eigenvalue weighted by atomic mass is 16.5. The number of carboxylic acid groups (broad SMARTS) is 1. The molecule has 7 nitrogen and oxygen atoms in total. The minimum Gasteiger partial charge on any atom is -0.481 e. The number of nitrogens with zero attached hydrogens (tertiary/aromatic N) is 1. The number of aliphatic carboxylic acids is 1. The van der Waals surface area contributed by atoms with E-state index in [0.29, 0.717) is 31.5 Å². The number of alkyl carbamates (subject to hydrolysis) is 1. The van der Waals surface area contributed by atoms with Gasteiger partial charge in [0.05, 0.1) is 5.92 Å². The van der Waals surface area contributed by atoms with Gasteiger partial charge in [-0.05, 0) is 53.4 Å². The number of carbonyl (C=O) groups excluding carboxylic acids is 2. The molecule has 2 amide bonds. The van der Waals surface area contributed by atoms with Gasteiger partial charge in [-0.2, -0.15) is 0 Å². The van der Waals surface area contributed by atoms with E-state index in [4.69, 9.17) is 9.84 Å². The van der Waals surface area contributed by atoms with Crippen LogP contribution in [0.4, 0.5) is 4.79 Å². The highest BCUT2D eigenvalue weighted by molar-refractivity contribution is 5.83. The van der Waals surface area contributed by atoms with Gasteiger partial charge in [-0.3, -0.25) is 9.59 Å². The summed E-state index contributed by atoms with van der Waals surface area (Å²) in [7, 11) is 0. The van der Waals surface area contributed by atoms with Gasteiger partial charge >= 0.3 is 12.1 Å². The lowest BCUT2D eigenvalue weighted by molar-refractivity contribution is -0.154. The van der Waals surface area contributed by atoms with E-state index < -0.39 is 18.0 Å². The summed E-state index contributed by atoms with van der Waals surface area (Å²) in [4.78, 5) is 38.0. The Bertz CT molecular complexity index is 1110. The van der Waals surface area contributed by atoms with Gasteiger partial charge in [-0.15, -0.1) is 0 Å². The Kier molecular flexibility index (Phi) is 5.08.